The summed E-state index contributed by atoms with van der Waals surface area (Å²) in [6, 6.07) is 0.0341. The molecule has 1 saturated heterocycles. The molecule has 0 aromatic carbocycles. The number of allylic oxidation sites excluding steroid dienone is 1. The Morgan fingerprint density at radius 1 is 1.45 bits per heavy atom. The zero-order valence-corrected chi connectivity index (χ0v) is 13.1. The van der Waals surface area contributed by atoms with E-state index in [1.807, 2.05) is 11.8 Å². The van der Waals surface area contributed by atoms with E-state index in [0.29, 0.717) is 24.2 Å². The first-order valence-corrected chi connectivity index (χ1v) is 8.19. The topological polar surface area (TPSA) is 71.3 Å². The van der Waals surface area contributed by atoms with Gasteiger partial charge >= 0.3 is 6.03 Å². The molecule has 1 aliphatic heterocycles. The number of piperidine rings is 1. The lowest BCUT2D eigenvalue weighted by Gasteiger charge is -2.32. The van der Waals surface area contributed by atoms with Gasteiger partial charge in [-0.25, -0.2) is 4.79 Å². The smallest absolute Gasteiger partial charge is 0.317 e. The van der Waals surface area contributed by atoms with Crippen LogP contribution >= 0.6 is 0 Å². The first-order valence-electron chi connectivity index (χ1n) is 8.19. The molecule has 3 rings (SSSR count). The highest BCUT2D eigenvalue weighted by atomic mass is 16.5. The molecule has 22 heavy (non-hydrogen) atoms. The predicted molar refractivity (Wildman–Crippen MR) is 82.3 cm³/mol. The van der Waals surface area contributed by atoms with Crippen LogP contribution in [0.4, 0.5) is 4.79 Å². The SMILES string of the molecule is Cc1noc(CC2CCCN(C(=O)NC/C=C/C3CC3)C2)n1. The van der Waals surface area contributed by atoms with Crippen LogP contribution in [0.15, 0.2) is 16.7 Å². The molecule has 0 radical (unpaired) electrons. The normalized spacial score (nSPS) is 22.2. The molecular weight excluding hydrogens is 280 g/mol. The number of amides is 2. The van der Waals surface area contributed by atoms with Gasteiger partial charge in [-0.15, -0.1) is 0 Å². The number of aromatic nitrogens is 2. The number of carbonyl (C=O) groups is 1. The molecule has 0 bridgehead atoms. The molecule has 1 aromatic rings. The summed E-state index contributed by atoms with van der Waals surface area (Å²) >= 11 is 0. The summed E-state index contributed by atoms with van der Waals surface area (Å²) in [7, 11) is 0. The summed E-state index contributed by atoms with van der Waals surface area (Å²) in [6.07, 6.45) is 9.76. The second-order valence-corrected chi connectivity index (χ2v) is 6.35. The van der Waals surface area contributed by atoms with Gasteiger partial charge in [-0.3, -0.25) is 0 Å². The van der Waals surface area contributed by atoms with E-state index in [-0.39, 0.29) is 6.03 Å². The van der Waals surface area contributed by atoms with E-state index in [9.17, 15) is 4.79 Å². The maximum Gasteiger partial charge on any atom is 0.317 e. The molecule has 0 spiro atoms. The zero-order chi connectivity index (χ0) is 15.4. The number of nitrogens with one attached hydrogen (secondary N) is 1. The van der Waals surface area contributed by atoms with E-state index < -0.39 is 0 Å². The maximum absolute atomic E-state index is 12.2. The standard InChI is InChI=1S/C16H24N4O2/c1-12-18-15(22-19-12)10-14-5-3-9-20(11-14)16(21)17-8-2-4-13-6-7-13/h2,4,13-14H,3,5-11H2,1H3,(H,17,21)/b4-2+. The number of nitrogens with zero attached hydrogens (tertiary/aromatic N) is 3. The van der Waals surface area contributed by atoms with E-state index in [4.69, 9.17) is 4.52 Å². The molecule has 1 atom stereocenters. The van der Waals surface area contributed by atoms with Gasteiger partial charge < -0.3 is 14.7 Å². The van der Waals surface area contributed by atoms with Crippen LogP contribution in [0.2, 0.25) is 0 Å². The highest BCUT2D eigenvalue weighted by molar-refractivity contribution is 5.74. The lowest BCUT2D eigenvalue weighted by Crippen LogP contribution is -2.45. The van der Waals surface area contributed by atoms with Crippen molar-refractivity contribution in [3.63, 3.8) is 0 Å². The number of rotatable bonds is 5. The van der Waals surface area contributed by atoms with Gasteiger partial charge in [0, 0.05) is 26.1 Å². The van der Waals surface area contributed by atoms with Crippen molar-refractivity contribution in [3.8, 4) is 0 Å². The molecule has 1 aliphatic carbocycles. The average molecular weight is 304 g/mol. The molecule has 120 valence electrons. The van der Waals surface area contributed by atoms with Gasteiger partial charge in [-0.2, -0.15) is 4.98 Å². The number of hydrogen-bond donors (Lipinski definition) is 1. The van der Waals surface area contributed by atoms with Gasteiger partial charge in [0.15, 0.2) is 5.82 Å². The summed E-state index contributed by atoms with van der Waals surface area (Å²) in [5.41, 5.74) is 0. The average Bonchev–Trinajstić information content (AvgIpc) is 3.26. The van der Waals surface area contributed by atoms with Crippen LogP contribution < -0.4 is 5.32 Å². The Balaban J connectivity index is 1.43. The molecule has 2 aliphatic rings. The Morgan fingerprint density at radius 3 is 3.05 bits per heavy atom. The summed E-state index contributed by atoms with van der Waals surface area (Å²) in [5.74, 6) is 2.51. The molecule has 1 saturated carbocycles. The van der Waals surface area contributed by atoms with Crippen LogP contribution in [0.3, 0.4) is 0 Å². The quantitative estimate of drug-likeness (QED) is 0.847. The number of carbonyl (C=O) groups excluding carboxylic acids is 1. The summed E-state index contributed by atoms with van der Waals surface area (Å²) in [5, 5.41) is 6.79. The first kappa shape index (κ1) is 15.1. The van der Waals surface area contributed by atoms with Gasteiger partial charge in [-0.05, 0) is 44.4 Å². The maximum atomic E-state index is 12.2. The van der Waals surface area contributed by atoms with Gasteiger partial charge in [0.25, 0.3) is 0 Å². The largest absolute Gasteiger partial charge is 0.339 e. The Labute approximate surface area is 130 Å². The van der Waals surface area contributed by atoms with E-state index in [2.05, 4.69) is 27.6 Å². The molecule has 6 nitrogen and oxygen atoms in total. The molecule has 6 heteroatoms. The fraction of sp³-hybridized carbons (Fsp3) is 0.688. The molecule has 2 heterocycles. The Hall–Kier alpha value is -1.85. The van der Waals surface area contributed by atoms with Crippen molar-refractivity contribution in [2.45, 2.75) is 39.0 Å². The molecule has 1 N–H and O–H groups in total. The summed E-state index contributed by atoms with van der Waals surface area (Å²) in [4.78, 5) is 18.3. The summed E-state index contributed by atoms with van der Waals surface area (Å²) in [6.45, 7) is 4.04. The van der Waals surface area contributed by atoms with Crippen LogP contribution in [0, 0.1) is 18.8 Å². The van der Waals surface area contributed by atoms with Crippen molar-refractivity contribution in [2.24, 2.45) is 11.8 Å². The Morgan fingerprint density at radius 2 is 2.32 bits per heavy atom. The first-order chi connectivity index (χ1) is 10.7. The minimum absolute atomic E-state index is 0.0341. The lowest BCUT2D eigenvalue weighted by molar-refractivity contribution is 0.162. The van der Waals surface area contributed by atoms with Gasteiger partial charge in [0.05, 0.1) is 0 Å². The molecule has 1 aromatic heterocycles. The van der Waals surface area contributed by atoms with Crippen molar-refractivity contribution >= 4 is 6.03 Å². The summed E-state index contributed by atoms with van der Waals surface area (Å²) < 4.78 is 5.18. The van der Waals surface area contributed by atoms with Crippen molar-refractivity contribution in [3.05, 3.63) is 23.9 Å². The lowest BCUT2D eigenvalue weighted by atomic mass is 9.95. The van der Waals surface area contributed by atoms with Crippen LogP contribution in [-0.2, 0) is 6.42 Å². The van der Waals surface area contributed by atoms with Gasteiger partial charge in [-0.1, -0.05) is 17.3 Å². The van der Waals surface area contributed by atoms with Crippen LogP contribution in [0.5, 0.6) is 0 Å². The van der Waals surface area contributed by atoms with Gasteiger partial charge in [0.2, 0.25) is 5.89 Å². The predicted octanol–water partition coefficient (Wildman–Crippen LogP) is 2.31. The fourth-order valence-electron chi connectivity index (χ4n) is 2.89. The third-order valence-corrected chi connectivity index (χ3v) is 4.24. The highest BCUT2D eigenvalue weighted by Crippen LogP contribution is 2.29. The number of urea groups is 1. The van der Waals surface area contributed by atoms with E-state index in [1.54, 1.807) is 0 Å². The van der Waals surface area contributed by atoms with E-state index in [1.165, 1.54) is 12.8 Å². The van der Waals surface area contributed by atoms with Crippen LogP contribution in [0.1, 0.15) is 37.4 Å². The number of hydrogen-bond acceptors (Lipinski definition) is 4. The monoisotopic (exact) mass is 304 g/mol. The highest BCUT2D eigenvalue weighted by Gasteiger charge is 2.25. The van der Waals surface area contributed by atoms with Crippen LogP contribution in [0.25, 0.3) is 0 Å². The number of aryl methyl sites for hydroxylation is 1. The molecule has 1 unspecified atom stereocenters. The molecule has 2 fully saturated rings. The fourth-order valence-corrected chi connectivity index (χ4v) is 2.89. The second-order valence-electron chi connectivity index (χ2n) is 6.35. The van der Waals surface area contributed by atoms with Crippen molar-refractivity contribution in [1.82, 2.24) is 20.4 Å². The Kier molecular flexibility index (Phi) is 4.75. The molecule has 2 amide bonds. The van der Waals surface area contributed by atoms with Crippen molar-refractivity contribution in [1.29, 1.82) is 0 Å². The van der Waals surface area contributed by atoms with Crippen molar-refractivity contribution < 1.29 is 9.32 Å². The van der Waals surface area contributed by atoms with Crippen molar-refractivity contribution in [2.75, 3.05) is 19.6 Å². The van der Waals surface area contributed by atoms with E-state index in [0.717, 1.165) is 38.3 Å². The van der Waals surface area contributed by atoms with Gasteiger partial charge in [0.1, 0.15) is 0 Å². The minimum atomic E-state index is 0.0341. The third-order valence-electron chi connectivity index (χ3n) is 4.24. The zero-order valence-electron chi connectivity index (χ0n) is 13.1. The second kappa shape index (κ2) is 6.94. The minimum Gasteiger partial charge on any atom is -0.339 e. The number of likely N-dealkylation sites (tertiary alicyclic amines) is 1. The van der Waals surface area contributed by atoms with Crippen LogP contribution in [-0.4, -0.2) is 40.7 Å². The van der Waals surface area contributed by atoms with E-state index >= 15 is 0 Å². The third kappa shape index (κ3) is 4.32. The Bertz CT molecular complexity index is 536. The molecular formula is C16H24N4O2.